The van der Waals surface area contributed by atoms with Crippen LogP contribution in [0.3, 0.4) is 0 Å². The molecule has 0 fully saturated rings. The molecule has 2 rings (SSSR count). The molecular formula is C27H39O4P. The topological polar surface area (TPSA) is 44.8 Å². The van der Waals surface area contributed by atoms with Crippen molar-refractivity contribution in [2.75, 3.05) is 0 Å². The lowest BCUT2D eigenvalue weighted by Gasteiger charge is -2.23. The molecule has 0 saturated carbocycles. The molecule has 4 nitrogen and oxygen atoms in total. The SMILES string of the molecule is CCC(C)Oc1cc(OC(C)CC)c(PC(=O)c2c(C)cccc2C)c(OC(C)CC)c1. The minimum absolute atomic E-state index is 0.0177. The van der Waals surface area contributed by atoms with Gasteiger partial charge in [0.15, 0.2) is 5.52 Å². The Morgan fingerprint density at radius 1 is 0.812 bits per heavy atom. The van der Waals surface area contributed by atoms with Crippen LogP contribution in [0.1, 0.15) is 82.3 Å². The Morgan fingerprint density at radius 2 is 1.25 bits per heavy atom. The van der Waals surface area contributed by atoms with Gasteiger partial charge in [0.1, 0.15) is 17.2 Å². The summed E-state index contributed by atoms with van der Waals surface area (Å²) in [6, 6.07) is 9.80. The molecule has 0 amide bonds. The number of ether oxygens (including phenoxy) is 3. The summed E-state index contributed by atoms with van der Waals surface area (Å²) >= 11 is 0. The third-order valence-corrected chi connectivity index (χ3v) is 6.92. The van der Waals surface area contributed by atoms with E-state index in [9.17, 15) is 4.79 Å². The van der Waals surface area contributed by atoms with E-state index in [-0.39, 0.29) is 32.4 Å². The van der Waals surface area contributed by atoms with Gasteiger partial charge in [-0.1, -0.05) is 39.0 Å². The number of carbonyl (C=O) groups excluding carboxylic acids is 1. The second kappa shape index (κ2) is 12.3. The lowest BCUT2D eigenvalue weighted by molar-refractivity contribution is 0.108. The van der Waals surface area contributed by atoms with Gasteiger partial charge < -0.3 is 14.2 Å². The number of hydrogen-bond donors (Lipinski definition) is 0. The third-order valence-electron chi connectivity index (χ3n) is 5.70. The quantitative estimate of drug-likeness (QED) is 0.322. The summed E-state index contributed by atoms with van der Waals surface area (Å²) in [5.41, 5.74) is 2.87. The van der Waals surface area contributed by atoms with Crippen LogP contribution >= 0.6 is 8.58 Å². The van der Waals surface area contributed by atoms with Gasteiger partial charge in [-0.25, -0.2) is 0 Å². The number of carbonyl (C=O) groups is 1. The smallest absolute Gasteiger partial charge is 0.186 e. The average Bonchev–Trinajstić information content (AvgIpc) is 2.75. The zero-order valence-electron chi connectivity index (χ0n) is 20.9. The standard InChI is InChI=1S/C27H39O4P/c1-9-19(6)29-22-15-23(30-20(7)10-2)26(24(16-22)31-21(8)11-3)32-27(28)25-17(4)13-12-14-18(25)5/h12-16,19-21,32H,9-11H2,1-8H3. The molecule has 2 aromatic rings. The first-order valence-corrected chi connectivity index (χ1v) is 12.8. The van der Waals surface area contributed by atoms with Gasteiger partial charge in [0.25, 0.3) is 0 Å². The molecule has 0 aliphatic heterocycles. The van der Waals surface area contributed by atoms with Crippen molar-refractivity contribution in [1.29, 1.82) is 0 Å². The molecule has 5 heteroatoms. The molecule has 0 aliphatic carbocycles. The Balaban J connectivity index is 2.57. The highest BCUT2D eigenvalue weighted by atomic mass is 31.1. The molecule has 2 aromatic carbocycles. The predicted octanol–water partition coefficient (Wildman–Crippen LogP) is 6.98. The molecule has 4 unspecified atom stereocenters. The number of benzene rings is 2. The van der Waals surface area contributed by atoms with E-state index in [0.717, 1.165) is 41.3 Å². The fourth-order valence-electron chi connectivity index (χ4n) is 3.21. The lowest BCUT2D eigenvalue weighted by atomic mass is 10.0. The van der Waals surface area contributed by atoms with Crippen molar-refractivity contribution in [1.82, 2.24) is 0 Å². The first-order chi connectivity index (χ1) is 15.2. The summed E-state index contributed by atoms with van der Waals surface area (Å²) in [4.78, 5) is 13.4. The maximum atomic E-state index is 13.4. The summed E-state index contributed by atoms with van der Waals surface area (Å²) in [6.45, 7) is 16.4. The zero-order chi connectivity index (χ0) is 23.8. The van der Waals surface area contributed by atoms with Crippen LogP contribution < -0.4 is 19.5 Å². The molecule has 0 aromatic heterocycles. The van der Waals surface area contributed by atoms with Crippen LogP contribution in [0.5, 0.6) is 17.2 Å². The van der Waals surface area contributed by atoms with Gasteiger partial charge in [0.05, 0.1) is 23.6 Å². The van der Waals surface area contributed by atoms with Crippen molar-refractivity contribution in [3.8, 4) is 17.2 Å². The Labute approximate surface area is 195 Å². The van der Waals surface area contributed by atoms with Gasteiger partial charge in [-0.3, -0.25) is 4.79 Å². The molecule has 32 heavy (non-hydrogen) atoms. The largest absolute Gasteiger partial charge is 0.490 e. The fraction of sp³-hybridized carbons (Fsp3) is 0.519. The van der Waals surface area contributed by atoms with Gasteiger partial charge in [-0.2, -0.15) is 0 Å². The van der Waals surface area contributed by atoms with Crippen LogP contribution in [0.15, 0.2) is 30.3 Å². The summed E-state index contributed by atoms with van der Waals surface area (Å²) < 4.78 is 18.7. The average molecular weight is 459 g/mol. The van der Waals surface area contributed by atoms with Crippen molar-refractivity contribution in [3.05, 3.63) is 47.0 Å². The third kappa shape index (κ3) is 6.97. The maximum absolute atomic E-state index is 13.4. The van der Waals surface area contributed by atoms with E-state index in [4.69, 9.17) is 14.2 Å². The van der Waals surface area contributed by atoms with E-state index in [1.807, 2.05) is 65.0 Å². The minimum atomic E-state index is -0.104. The molecule has 0 bridgehead atoms. The second-order valence-corrected chi connectivity index (χ2v) is 9.73. The maximum Gasteiger partial charge on any atom is 0.186 e. The Kier molecular flexibility index (Phi) is 10.0. The zero-order valence-corrected chi connectivity index (χ0v) is 21.9. The van der Waals surface area contributed by atoms with Crippen molar-refractivity contribution in [3.63, 3.8) is 0 Å². The second-order valence-electron chi connectivity index (χ2n) is 8.53. The van der Waals surface area contributed by atoms with Gasteiger partial charge in [0, 0.05) is 17.7 Å². The predicted molar refractivity (Wildman–Crippen MR) is 136 cm³/mol. The first kappa shape index (κ1) is 26.2. The number of aryl methyl sites for hydroxylation is 2. The summed E-state index contributed by atoms with van der Waals surface area (Å²) in [7, 11) is -0.104. The van der Waals surface area contributed by atoms with Crippen molar-refractivity contribution >= 4 is 19.4 Å². The van der Waals surface area contributed by atoms with Crippen molar-refractivity contribution in [2.24, 2.45) is 0 Å². The molecule has 0 spiro atoms. The van der Waals surface area contributed by atoms with Crippen LogP contribution in [0, 0.1) is 13.8 Å². The molecule has 0 heterocycles. The van der Waals surface area contributed by atoms with E-state index in [1.165, 1.54) is 0 Å². The fourth-order valence-corrected chi connectivity index (χ4v) is 4.46. The van der Waals surface area contributed by atoms with E-state index < -0.39 is 0 Å². The molecule has 0 aliphatic rings. The van der Waals surface area contributed by atoms with Crippen LogP contribution in [-0.4, -0.2) is 23.8 Å². The minimum Gasteiger partial charge on any atom is -0.490 e. The monoisotopic (exact) mass is 458 g/mol. The van der Waals surface area contributed by atoms with Crippen molar-refractivity contribution in [2.45, 2.75) is 93.0 Å². The molecule has 0 radical (unpaired) electrons. The Morgan fingerprint density at radius 3 is 1.69 bits per heavy atom. The Hall–Kier alpha value is -2.06. The van der Waals surface area contributed by atoms with Crippen molar-refractivity contribution < 1.29 is 19.0 Å². The van der Waals surface area contributed by atoms with Gasteiger partial charge >= 0.3 is 0 Å². The molecule has 176 valence electrons. The number of rotatable bonds is 12. The van der Waals surface area contributed by atoms with E-state index in [0.29, 0.717) is 17.2 Å². The highest BCUT2D eigenvalue weighted by Crippen LogP contribution is 2.37. The first-order valence-electron chi connectivity index (χ1n) is 11.8. The summed E-state index contributed by atoms with van der Waals surface area (Å²) in [6.07, 6.45) is 2.75. The van der Waals surface area contributed by atoms with Gasteiger partial charge in [0.2, 0.25) is 0 Å². The van der Waals surface area contributed by atoms with E-state index >= 15 is 0 Å². The summed E-state index contributed by atoms with van der Waals surface area (Å²) in [5.74, 6) is 2.07. The molecule has 0 saturated heterocycles. The van der Waals surface area contributed by atoms with Crippen LogP contribution in [0.25, 0.3) is 0 Å². The van der Waals surface area contributed by atoms with Crippen LogP contribution in [0.2, 0.25) is 0 Å². The molecule has 0 N–H and O–H groups in total. The van der Waals surface area contributed by atoms with E-state index in [1.54, 1.807) is 0 Å². The molecular weight excluding hydrogens is 419 g/mol. The lowest BCUT2D eigenvalue weighted by Crippen LogP contribution is -2.21. The van der Waals surface area contributed by atoms with E-state index in [2.05, 4.69) is 20.8 Å². The van der Waals surface area contributed by atoms with Crippen LogP contribution in [-0.2, 0) is 0 Å². The summed E-state index contributed by atoms with van der Waals surface area (Å²) in [5, 5.41) is 0.815. The normalized spacial score (nSPS) is 14.2. The number of hydrogen-bond acceptors (Lipinski definition) is 4. The van der Waals surface area contributed by atoms with Gasteiger partial charge in [-0.05, 0) is 73.6 Å². The highest BCUT2D eigenvalue weighted by Gasteiger charge is 2.23. The van der Waals surface area contributed by atoms with Crippen LogP contribution in [0.4, 0.5) is 0 Å². The highest BCUT2D eigenvalue weighted by molar-refractivity contribution is 7.66. The molecule has 4 atom stereocenters. The van der Waals surface area contributed by atoms with Gasteiger partial charge in [-0.15, -0.1) is 0 Å². The Bertz CT molecular complexity index is 855.